The molecule has 2 rings (SSSR count). The lowest BCUT2D eigenvalue weighted by Gasteiger charge is -2.06. The minimum absolute atomic E-state index is 0.0878. The van der Waals surface area contributed by atoms with Gasteiger partial charge in [0.05, 0.1) is 0 Å². The highest BCUT2D eigenvalue weighted by Gasteiger charge is 2.10. The zero-order valence-corrected chi connectivity index (χ0v) is 11.3. The molecule has 0 atom stereocenters. The van der Waals surface area contributed by atoms with Crippen molar-refractivity contribution in [2.75, 3.05) is 5.32 Å². The SMILES string of the molecule is N/C(=N/O)c1ccc(C(=O)Nc2cc(F)cc(Cl)c2)nc1. The first-order valence-electron chi connectivity index (χ1n) is 5.71. The van der Waals surface area contributed by atoms with Gasteiger partial charge < -0.3 is 16.3 Å². The molecular formula is C13H10ClFN4O2. The molecule has 0 radical (unpaired) electrons. The van der Waals surface area contributed by atoms with Crippen molar-refractivity contribution in [3.8, 4) is 0 Å². The Hall–Kier alpha value is -2.67. The summed E-state index contributed by atoms with van der Waals surface area (Å²) in [6.07, 6.45) is 1.28. The van der Waals surface area contributed by atoms with Crippen LogP contribution < -0.4 is 11.1 Å². The second-order valence-corrected chi connectivity index (χ2v) is 4.47. The van der Waals surface area contributed by atoms with E-state index in [1.165, 1.54) is 24.4 Å². The van der Waals surface area contributed by atoms with E-state index < -0.39 is 11.7 Å². The number of hydrogen-bond donors (Lipinski definition) is 3. The Balaban J connectivity index is 2.16. The number of anilines is 1. The molecule has 0 fully saturated rings. The molecule has 1 aromatic heterocycles. The zero-order chi connectivity index (χ0) is 15.4. The number of carbonyl (C=O) groups excluding carboxylic acids is 1. The van der Waals surface area contributed by atoms with Crippen LogP contribution in [0.1, 0.15) is 16.1 Å². The van der Waals surface area contributed by atoms with Crippen LogP contribution in [0.3, 0.4) is 0 Å². The number of pyridine rings is 1. The van der Waals surface area contributed by atoms with Crippen LogP contribution in [-0.4, -0.2) is 21.9 Å². The fourth-order valence-electron chi connectivity index (χ4n) is 1.56. The average Bonchev–Trinajstić information content (AvgIpc) is 2.45. The van der Waals surface area contributed by atoms with Gasteiger partial charge in [-0.1, -0.05) is 16.8 Å². The summed E-state index contributed by atoms with van der Waals surface area (Å²) in [4.78, 5) is 15.8. The van der Waals surface area contributed by atoms with E-state index in [-0.39, 0.29) is 22.2 Å². The molecule has 2 aromatic rings. The molecule has 6 nitrogen and oxygen atoms in total. The number of halogens is 2. The summed E-state index contributed by atoms with van der Waals surface area (Å²) in [7, 11) is 0. The highest BCUT2D eigenvalue weighted by Crippen LogP contribution is 2.18. The summed E-state index contributed by atoms with van der Waals surface area (Å²) >= 11 is 5.69. The largest absolute Gasteiger partial charge is 0.409 e. The van der Waals surface area contributed by atoms with Crippen molar-refractivity contribution in [2.45, 2.75) is 0 Å². The molecule has 0 aliphatic heterocycles. The second kappa shape index (κ2) is 6.19. The monoisotopic (exact) mass is 308 g/mol. The molecule has 1 amide bonds. The maximum Gasteiger partial charge on any atom is 0.274 e. The topological polar surface area (TPSA) is 101 Å². The number of nitrogens with zero attached hydrogens (tertiary/aromatic N) is 2. The number of oxime groups is 1. The number of hydrogen-bond acceptors (Lipinski definition) is 4. The predicted molar refractivity (Wildman–Crippen MR) is 76.1 cm³/mol. The lowest BCUT2D eigenvalue weighted by atomic mass is 10.2. The van der Waals surface area contributed by atoms with Gasteiger partial charge in [-0.2, -0.15) is 0 Å². The summed E-state index contributed by atoms with van der Waals surface area (Å²) in [5.74, 6) is -1.22. The van der Waals surface area contributed by atoms with E-state index in [4.69, 9.17) is 22.5 Å². The van der Waals surface area contributed by atoms with Gasteiger partial charge in [-0.3, -0.25) is 9.78 Å². The third-order valence-electron chi connectivity index (χ3n) is 2.52. The Morgan fingerprint density at radius 1 is 1.38 bits per heavy atom. The Morgan fingerprint density at radius 2 is 2.14 bits per heavy atom. The molecule has 0 saturated heterocycles. The first-order valence-corrected chi connectivity index (χ1v) is 6.09. The van der Waals surface area contributed by atoms with Gasteiger partial charge in [0.2, 0.25) is 0 Å². The third-order valence-corrected chi connectivity index (χ3v) is 2.74. The Morgan fingerprint density at radius 3 is 2.71 bits per heavy atom. The van der Waals surface area contributed by atoms with E-state index in [2.05, 4.69) is 15.5 Å². The van der Waals surface area contributed by atoms with Crippen LogP contribution in [0.4, 0.5) is 10.1 Å². The first-order chi connectivity index (χ1) is 9.99. The van der Waals surface area contributed by atoms with Crippen LogP contribution in [-0.2, 0) is 0 Å². The molecule has 1 heterocycles. The maximum absolute atomic E-state index is 13.2. The molecule has 21 heavy (non-hydrogen) atoms. The molecule has 0 bridgehead atoms. The van der Waals surface area contributed by atoms with Crippen molar-refractivity contribution in [3.05, 3.63) is 58.6 Å². The van der Waals surface area contributed by atoms with Gasteiger partial charge in [0.25, 0.3) is 5.91 Å². The van der Waals surface area contributed by atoms with Crippen LogP contribution in [0, 0.1) is 5.82 Å². The van der Waals surface area contributed by atoms with Crippen molar-refractivity contribution in [1.29, 1.82) is 0 Å². The lowest BCUT2D eigenvalue weighted by Crippen LogP contribution is -2.16. The normalized spacial score (nSPS) is 11.2. The van der Waals surface area contributed by atoms with Gasteiger partial charge in [0, 0.05) is 22.5 Å². The Bertz CT molecular complexity index is 684. The summed E-state index contributed by atoms with van der Waals surface area (Å²) in [5.41, 5.74) is 6.05. The molecule has 0 aliphatic rings. The molecule has 108 valence electrons. The van der Waals surface area contributed by atoms with E-state index >= 15 is 0 Å². The number of nitrogens with one attached hydrogen (secondary N) is 1. The van der Waals surface area contributed by atoms with E-state index in [0.717, 1.165) is 12.1 Å². The van der Waals surface area contributed by atoms with Crippen LogP contribution in [0.5, 0.6) is 0 Å². The van der Waals surface area contributed by atoms with Crippen molar-refractivity contribution in [1.82, 2.24) is 4.98 Å². The minimum atomic E-state index is -0.562. The summed E-state index contributed by atoms with van der Waals surface area (Å²) < 4.78 is 13.2. The molecule has 0 aliphatic carbocycles. The van der Waals surface area contributed by atoms with Crippen molar-refractivity contribution in [3.63, 3.8) is 0 Å². The molecule has 0 unspecified atom stereocenters. The van der Waals surface area contributed by atoms with Gasteiger partial charge >= 0.3 is 0 Å². The van der Waals surface area contributed by atoms with Gasteiger partial charge in [0.1, 0.15) is 11.5 Å². The van der Waals surface area contributed by atoms with Crippen molar-refractivity contribution < 1.29 is 14.4 Å². The third kappa shape index (κ3) is 3.67. The van der Waals surface area contributed by atoms with Gasteiger partial charge in [-0.15, -0.1) is 0 Å². The number of amides is 1. The number of carbonyl (C=O) groups is 1. The molecule has 8 heteroatoms. The first kappa shape index (κ1) is 14.7. The fourth-order valence-corrected chi connectivity index (χ4v) is 1.78. The Labute approximate surface area is 124 Å². The molecule has 1 aromatic carbocycles. The van der Waals surface area contributed by atoms with E-state index in [0.29, 0.717) is 5.56 Å². The number of rotatable bonds is 3. The smallest absolute Gasteiger partial charge is 0.274 e. The van der Waals surface area contributed by atoms with Crippen LogP contribution in [0.25, 0.3) is 0 Å². The average molecular weight is 309 g/mol. The summed E-state index contributed by atoms with van der Waals surface area (Å²) in [5, 5.41) is 14.0. The molecule has 4 N–H and O–H groups in total. The number of aromatic nitrogens is 1. The van der Waals surface area contributed by atoms with E-state index in [1.54, 1.807) is 0 Å². The summed E-state index contributed by atoms with van der Waals surface area (Å²) in [6, 6.07) is 6.53. The molecular weight excluding hydrogens is 299 g/mol. The number of benzene rings is 1. The van der Waals surface area contributed by atoms with Crippen molar-refractivity contribution in [2.24, 2.45) is 10.9 Å². The van der Waals surface area contributed by atoms with Gasteiger partial charge in [-0.25, -0.2) is 4.39 Å². The van der Waals surface area contributed by atoms with Crippen molar-refractivity contribution >= 4 is 29.0 Å². The van der Waals surface area contributed by atoms with E-state index in [1.807, 2.05) is 0 Å². The van der Waals surface area contributed by atoms with E-state index in [9.17, 15) is 9.18 Å². The number of amidine groups is 1. The van der Waals surface area contributed by atoms with Gasteiger partial charge in [-0.05, 0) is 30.3 Å². The van der Waals surface area contributed by atoms with Gasteiger partial charge in [0.15, 0.2) is 5.84 Å². The maximum atomic E-state index is 13.2. The lowest BCUT2D eigenvalue weighted by molar-refractivity contribution is 0.102. The highest BCUT2D eigenvalue weighted by atomic mass is 35.5. The fraction of sp³-hybridized carbons (Fsp3) is 0. The quantitative estimate of drug-likeness (QED) is 0.350. The Kier molecular flexibility index (Phi) is 4.34. The second-order valence-electron chi connectivity index (χ2n) is 4.03. The van der Waals surface area contributed by atoms with Crippen LogP contribution in [0.15, 0.2) is 41.7 Å². The standard InChI is InChI=1S/C13H10ClFN4O2/c14-8-3-9(15)5-10(4-8)18-13(20)11-2-1-7(6-17-11)12(16)19-21/h1-6,21H,(H2,16,19)(H,18,20). The minimum Gasteiger partial charge on any atom is -0.409 e. The predicted octanol–water partition coefficient (Wildman–Crippen LogP) is 2.22. The van der Waals surface area contributed by atoms with Crippen LogP contribution in [0.2, 0.25) is 5.02 Å². The summed E-state index contributed by atoms with van der Waals surface area (Å²) in [6.45, 7) is 0. The van der Waals surface area contributed by atoms with Crippen LogP contribution >= 0.6 is 11.6 Å². The zero-order valence-electron chi connectivity index (χ0n) is 10.5. The highest BCUT2D eigenvalue weighted by molar-refractivity contribution is 6.31. The molecule has 0 saturated carbocycles. The number of nitrogens with two attached hydrogens (primary N) is 1. The molecule has 0 spiro atoms.